The summed E-state index contributed by atoms with van der Waals surface area (Å²) in [5, 5.41) is 3.67. The van der Waals surface area contributed by atoms with Crippen molar-refractivity contribution >= 4 is 27.5 Å². The first-order chi connectivity index (χ1) is 9.10. The summed E-state index contributed by atoms with van der Waals surface area (Å²) in [6, 6.07) is 9.64. The number of nitrogens with one attached hydrogen (secondary N) is 1. The molecule has 0 saturated heterocycles. The highest BCUT2D eigenvalue weighted by Crippen LogP contribution is 2.33. The van der Waals surface area contributed by atoms with Crippen molar-refractivity contribution in [2.24, 2.45) is 0 Å². The third-order valence-corrected chi connectivity index (χ3v) is 3.39. The fourth-order valence-corrected chi connectivity index (χ4v) is 2.17. The van der Waals surface area contributed by atoms with Gasteiger partial charge >= 0.3 is 0 Å². The summed E-state index contributed by atoms with van der Waals surface area (Å²) in [5.41, 5.74) is 0.908. The minimum absolute atomic E-state index is 0.345. The van der Waals surface area contributed by atoms with Crippen LogP contribution >= 0.6 is 27.5 Å². The maximum absolute atomic E-state index is 13.2. The Morgan fingerprint density at radius 1 is 1.21 bits per heavy atom. The molecular weight excluding hydrogens is 333 g/mol. The van der Waals surface area contributed by atoms with Crippen LogP contribution in [-0.4, -0.2) is 7.05 Å². The first-order valence-corrected chi connectivity index (χ1v) is 6.83. The molecule has 0 saturated carbocycles. The molecule has 100 valence electrons. The van der Waals surface area contributed by atoms with Crippen LogP contribution < -0.4 is 10.1 Å². The van der Waals surface area contributed by atoms with Crippen LogP contribution in [0.3, 0.4) is 0 Å². The maximum atomic E-state index is 13.2. The van der Waals surface area contributed by atoms with Crippen molar-refractivity contribution in [3.63, 3.8) is 0 Å². The smallest absolute Gasteiger partial charge is 0.144 e. The van der Waals surface area contributed by atoms with E-state index < -0.39 is 0 Å². The summed E-state index contributed by atoms with van der Waals surface area (Å²) >= 11 is 9.29. The first kappa shape index (κ1) is 14.3. The summed E-state index contributed by atoms with van der Waals surface area (Å²) in [5.74, 6) is 0.729. The molecule has 0 aliphatic rings. The summed E-state index contributed by atoms with van der Waals surface area (Å²) in [7, 11) is 1.84. The van der Waals surface area contributed by atoms with Crippen LogP contribution in [0.4, 0.5) is 4.39 Å². The van der Waals surface area contributed by atoms with Crippen LogP contribution in [0.25, 0.3) is 0 Å². The number of halogens is 3. The Morgan fingerprint density at radius 3 is 2.74 bits per heavy atom. The van der Waals surface area contributed by atoms with E-state index in [9.17, 15) is 4.39 Å². The molecule has 0 radical (unpaired) electrons. The van der Waals surface area contributed by atoms with Crippen molar-refractivity contribution in [1.82, 2.24) is 5.32 Å². The summed E-state index contributed by atoms with van der Waals surface area (Å²) in [6.07, 6.45) is 0. The lowest BCUT2D eigenvalue weighted by Gasteiger charge is -2.12. The number of hydrogen-bond donors (Lipinski definition) is 1. The fourth-order valence-electron chi connectivity index (χ4n) is 1.65. The van der Waals surface area contributed by atoms with E-state index in [2.05, 4.69) is 21.2 Å². The highest BCUT2D eigenvalue weighted by Gasteiger charge is 2.09. The van der Waals surface area contributed by atoms with Crippen LogP contribution in [0.15, 0.2) is 40.9 Å². The van der Waals surface area contributed by atoms with Gasteiger partial charge in [0.05, 0.1) is 4.47 Å². The lowest BCUT2D eigenvalue weighted by molar-refractivity contribution is 0.466. The lowest BCUT2D eigenvalue weighted by Crippen LogP contribution is -2.06. The highest BCUT2D eigenvalue weighted by atomic mass is 79.9. The average molecular weight is 345 g/mol. The topological polar surface area (TPSA) is 21.3 Å². The second-order valence-electron chi connectivity index (χ2n) is 3.96. The maximum Gasteiger partial charge on any atom is 0.144 e. The molecule has 2 aromatic carbocycles. The molecule has 0 fully saturated rings. The predicted molar refractivity (Wildman–Crippen MR) is 78.4 cm³/mol. The Balaban J connectivity index is 2.34. The molecule has 0 heterocycles. The van der Waals surface area contributed by atoms with Gasteiger partial charge in [0, 0.05) is 23.2 Å². The number of hydrogen-bond acceptors (Lipinski definition) is 2. The van der Waals surface area contributed by atoms with Crippen molar-refractivity contribution in [2.75, 3.05) is 7.05 Å². The van der Waals surface area contributed by atoms with Gasteiger partial charge in [-0.3, -0.25) is 0 Å². The number of ether oxygens (including phenoxy) is 1. The zero-order valence-electron chi connectivity index (χ0n) is 10.2. The molecule has 0 aliphatic carbocycles. The minimum atomic E-state index is -0.345. The molecule has 0 atom stereocenters. The fraction of sp³-hybridized carbons (Fsp3) is 0.143. The van der Waals surface area contributed by atoms with E-state index in [0.717, 1.165) is 5.56 Å². The van der Waals surface area contributed by atoms with Gasteiger partial charge in [-0.2, -0.15) is 0 Å². The van der Waals surface area contributed by atoms with E-state index in [4.69, 9.17) is 16.3 Å². The Hall–Kier alpha value is -1.10. The van der Waals surface area contributed by atoms with Crippen molar-refractivity contribution in [3.8, 4) is 11.5 Å². The quantitative estimate of drug-likeness (QED) is 0.864. The van der Waals surface area contributed by atoms with Gasteiger partial charge in [0.25, 0.3) is 0 Å². The number of rotatable bonds is 4. The Morgan fingerprint density at radius 2 is 2.00 bits per heavy atom. The zero-order valence-corrected chi connectivity index (χ0v) is 12.6. The van der Waals surface area contributed by atoms with E-state index in [0.29, 0.717) is 27.5 Å². The van der Waals surface area contributed by atoms with Gasteiger partial charge < -0.3 is 10.1 Å². The third kappa shape index (κ3) is 3.69. The van der Waals surface area contributed by atoms with E-state index in [1.807, 2.05) is 13.1 Å². The standard InChI is InChI=1S/C14H12BrClFNO/c1-18-8-9-6-10(16)2-5-13(9)19-14-7-11(17)3-4-12(14)15/h2-7,18H,8H2,1H3. The normalized spacial score (nSPS) is 10.5. The van der Waals surface area contributed by atoms with Gasteiger partial charge in [0.2, 0.25) is 0 Å². The van der Waals surface area contributed by atoms with Crippen molar-refractivity contribution in [1.29, 1.82) is 0 Å². The molecule has 0 unspecified atom stereocenters. The molecule has 0 amide bonds. The molecule has 2 nitrogen and oxygen atoms in total. The van der Waals surface area contributed by atoms with E-state index >= 15 is 0 Å². The van der Waals surface area contributed by atoms with Gasteiger partial charge in [0.1, 0.15) is 17.3 Å². The molecule has 2 rings (SSSR count). The molecule has 2 aromatic rings. The van der Waals surface area contributed by atoms with Crippen LogP contribution in [0.5, 0.6) is 11.5 Å². The third-order valence-electron chi connectivity index (χ3n) is 2.50. The van der Waals surface area contributed by atoms with Gasteiger partial charge in [0.15, 0.2) is 0 Å². The Kier molecular flexibility index (Phi) is 4.80. The second-order valence-corrected chi connectivity index (χ2v) is 5.25. The monoisotopic (exact) mass is 343 g/mol. The molecule has 5 heteroatoms. The van der Waals surface area contributed by atoms with E-state index in [-0.39, 0.29) is 5.82 Å². The minimum Gasteiger partial charge on any atom is -0.456 e. The molecule has 0 spiro atoms. The van der Waals surface area contributed by atoms with Crippen molar-refractivity contribution < 1.29 is 9.13 Å². The van der Waals surface area contributed by atoms with Gasteiger partial charge in [-0.1, -0.05) is 11.6 Å². The van der Waals surface area contributed by atoms with Gasteiger partial charge in [-0.25, -0.2) is 4.39 Å². The van der Waals surface area contributed by atoms with E-state index in [1.165, 1.54) is 12.1 Å². The van der Waals surface area contributed by atoms with Crippen molar-refractivity contribution in [2.45, 2.75) is 6.54 Å². The SMILES string of the molecule is CNCc1cc(Cl)ccc1Oc1cc(F)ccc1Br. The van der Waals surface area contributed by atoms with Crippen LogP contribution in [0.2, 0.25) is 5.02 Å². The average Bonchev–Trinajstić information content (AvgIpc) is 2.37. The summed E-state index contributed by atoms with van der Waals surface area (Å²) < 4.78 is 19.7. The van der Waals surface area contributed by atoms with Crippen LogP contribution in [0.1, 0.15) is 5.56 Å². The molecule has 0 aliphatic heterocycles. The van der Waals surface area contributed by atoms with Crippen molar-refractivity contribution in [3.05, 3.63) is 57.3 Å². The molecule has 19 heavy (non-hydrogen) atoms. The Labute approximate surface area is 124 Å². The largest absolute Gasteiger partial charge is 0.456 e. The second kappa shape index (κ2) is 6.37. The molecule has 0 bridgehead atoms. The molecular formula is C14H12BrClFNO. The van der Waals surface area contributed by atoms with Gasteiger partial charge in [-0.15, -0.1) is 0 Å². The predicted octanol–water partition coefficient (Wildman–Crippen LogP) is 4.75. The Bertz CT molecular complexity index is 592. The van der Waals surface area contributed by atoms with Gasteiger partial charge in [-0.05, 0) is 53.3 Å². The number of benzene rings is 2. The first-order valence-electron chi connectivity index (χ1n) is 5.66. The lowest BCUT2D eigenvalue weighted by atomic mass is 10.2. The summed E-state index contributed by atoms with van der Waals surface area (Å²) in [6.45, 7) is 0.614. The zero-order chi connectivity index (χ0) is 13.8. The van der Waals surface area contributed by atoms with Crippen LogP contribution in [0, 0.1) is 5.82 Å². The molecule has 1 N–H and O–H groups in total. The van der Waals surface area contributed by atoms with E-state index in [1.54, 1.807) is 18.2 Å². The van der Waals surface area contributed by atoms with Crippen LogP contribution in [-0.2, 0) is 6.54 Å². The summed E-state index contributed by atoms with van der Waals surface area (Å²) in [4.78, 5) is 0. The molecule has 0 aromatic heterocycles. The highest BCUT2D eigenvalue weighted by molar-refractivity contribution is 9.10.